The van der Waals surface area contributed by atoms with Crippen molar-refractivity contribution in [2.45, 2.75) is 57.8 Å². The maximum atomic E-state index is 11.8. The van der Waals surface area contributed by atoms with Crippen LogP contribution in [0.1, 0.15) is 54.0 Å². The number of aliphatic hydroxyl groups excluding tert-OH is 1. The Morgan fingerprint density at radius 3 is 2.24 bits per heavy atom. The molecule has 0 amide bonds. The maximum Gasteiger partial charge on any atom is 0.150 e. The van der Waals surface area contributed by atoms with Crippen molar-refractivity contribution < 1.29 is 13.5 Å². The molecular formula is C17H26O3S. The summed E-state index contributed by atoms with van der Waals surface area (Å²) in [5.74, 6) is 0.0404. The van der Waals surface area contributed by atoms with E-state index < -0.39 is 15.9 Å². The molecule has 0 heterocycles. The molecular weight excluding hydrogens is 284 g/mol. The lowest BCUT2D eigenvalue weighted by molar-refractivity contribution is 0.0846. The highest BCUT2D eigenvalue weighted by atomic mass is 32.2. The third kappa shape index (κ3) is 3.67. The average molecular weight is 310 g/mol. The average Bonchev–Trinajstić information content (AvgIpc) is 2.36. The number of aliphatic hydroxyl groups is 1. The van der Waals surface area contributed by atoms with Crippen molar-refractivity contribution in [2.24, 2.45) is 5.92 Å². The zero-order valence-corrected chi connectivity index (χ0v) is 14.2. The molecule has 1 aliphatic carbocycles. The van der Waals surface area contributed by atoms with Crippen LogP contribution in [0.5, 0.6) is 0 Å². The number of sulfone groups is 1. The smallest absolute Gasteiger partial charge is 0.150 e. The quantitative estimate of drug-likeness (QED) is 0.932. The van der Waals surface area contributed by atoms with Gasteiger partial charge in [0.1, 0.15) is 9.84 Å². The third-order valence-electron chi connectivity index (χ3n) is 4.75. The summed E-state index contributed by atoms with van der Waals surface area (Å²) in [6.45, 7) is 6.10. The highest BCUT2D eigenvalue weighted by Crippen LogP contribution is 2.38. The monoisotopic (exact) mass is 310 g/mol. The second kappa shape index (κ2) is 6.09. The van der Waals surface area contributed by atoms with Crippen molar-refractivity contribution in [1.29, 1.82) is 0 Å². The van der Waals surface area contributed by atoms with Gasteiger partial charge in [0.25, 0.3) is 0 Å². The minimum atomic E-state index is -3.01. The highest BCUT2D eigenvalue weighted by molar-refractivity contribution is 7.91. The number of benzene rings is 1. The first kappa shape index (κ1) is 16.5. The van der Waals surface area contributed by atoms with Crippen LogP contribution in [-0.2, 0) is 9.84 Å². The second-order valence-electron chi connectivity index (χ2n) is 6.64. The number of aryl methyl sites for hydroxylation is 3. The third-order valence-corrected chi connectivity index (χ3v) is 6.39. The summed E-state index contributed by atoms with van der Waals surface area (Å²) >= 11 is 0. The summed E-state index contributed by atoms with van der Waals surface area (Å²) < 4.78 is 23.6. The Morgan fingerprint density at radius 2 is 1.71 bits per heavy atom. The van der Waals surface area contributed by atoms with Crippen LogP contribution in [0.2, 0.25) is 0 Å². The summed E-state index contributed by atoms with van der Waals surface area (Å²) in [5, 5.41) is 10.5. The normalized spacial score (nSPS) is 24.8. The van der Waals surface area contributed by atoms with Gasteiger partial charge in [0.2, 0.25) is 0 Å². The van der Waals surface area contributed by atoms with Crippen molar-refractivity contribution in [2.75, 3.05) is 6.26 Å². The van der Waals surface area contributed by atoms with Gasteiger partial charge in [-0.2, -0.15) is 0 Å². The Bertz CT molecular complexity index is 596. The minimum Gasteiger partial charge on any atom is -0.388 e. The summed E-state index contributed by atoms with van der Waals surface area (Å²) in [4.78, 5) is 0. The predicted molar refractivity (Wildman–Crippen MR) is 86.2 cm³/mol. The van der Waals surface area contributed by atoms with Gasteiger partial charge >= 0.3 is 0 Å². The molecule has 1 saturated carbocycles. The van der Waals surface area contributed by atoms with Crippen LogP contribution in [0, 0.1) is 26.7 Å². The van der Waals surface area contributed by atoms with Crippen molar-refractivity contribution in [1.82, 2.24) is 0 Å². The van der Waals surface area contributed by atoms with Gasteiger partial charge in [0, 0.05) is 6.26 Å². The fourth-order valence-corrected chi connectivity index (χ4v) is 4.94. The second-order valence-corrected chi connectivity index (χ2v) is 8.96. The van der Waals surface area contributed by atoms with Crippen LogP contribution >= 0.6 is 0 Å². The van der Waals surface area contributed by atoms with Crippen LogP contribution in [0.3, 0.4) is 0 Å². The van der Waals surface area contributed by atoms with E-state index in [1.54, 1.807) is 0 Å². The SMILES string of the molecule is Cc1cc(C)c(C(O)C2CCCC(S(C)(=O)=O)C2)c(C)c1. The van der Waals surface area contributed by atoms with Gasteiger partial charge < -0.3 is 5.11 Å². The first-order valence-electron chi connectivity index (χ1n) is 7.65. The number of hydrogen-bond donors (Lipinski definition) is 1. The first-order chi connectivity index (χ1) is 9.70. The van der Waals surface area contributed by atoms with Crippen molar-refractivity contribution in [3.63, 3.8) is 0 Å². The summed E-state index contributed by atoms with van der Waals surface area (Å²) in [6, 6.07) is 4.17. The molecule has 2 rings (SSSR count). The lowest BCUT2D eigenvalue weighted by Gasteiger charge is -2.32. The lowest BCUT2D eigenvalue weighted by atomic mass is 9.80. The molecule has 21 heavy (non-hydrogen) atoms. The maximum absolute atomic E-state index is 11.8. The van der Waals surface area contributed by atoms with E-state index in [0.29, 0.717) is 6.42 Å². The molecule has 1 aliphatic rings. The largest absolute Gasteiger partial charge is 0.388 e. The molecule has 1 fully saturated rings. The van der Waals surface area contributed by atoms with Gasteiger partial charge in [-0.3, -0.25) is 0 Å². The van der Waals surface area contributed by atoms with Crippen molar-refractivity contribution >= 4 is 9.84 Å². The summed E-state index contributed by atoms with van der Waals surface area (Å²) in [7, 11) is -3.01. The molecule has 1 aromatic carbocycles. The highest BCUT2D eigenvalue weighted by Gasteiger charge is 2.33. The van der Waals surface area contributed by atoms with Gasteiger partial charge in [-0.05, 0) is 62.6 Å². The Hall–Kier alpha value is -0.870. The Labute approximate surface area is 128 Å². The topological polar surface area (TPSA) is 54.4 Å². The Balaban J connectivity index is 2.26. The molecule has 3 nitrogen and oxygen atoms in total. The van der Waals surface area contributed by atoms with Crippen molar-refractivity contribution in [3.05, 3.63) is 34.4 Å². The molecule has 3 unspecified atom stereocenters. The predicted octanol–water partition coefficient (Wildman–Crippen LogP) is 3.25. The van der Waals surface area contributed by atoms with Gasteiger partial charge in [-0.1, -0.05) is 24.1 Å². The van der Waals surface area contributed by atoms with E-state index in [0.717, 1.165) is 36.0 Å². The van der Waals surface area contributed by atoms with Crippen molar-refractivity contribution in [3.8, 4) is 0 Å². The molecule has 118 valence electrons. The zero-order valence-electron chi connectivity index (χ0n) is 13.4. The fourth-order valence-electron chi connectivity index (χ4n) is 3.75. The van der Waals surface area contributed by atoms with Crippen LogP contribution in [-0.4, -0.2) is 25.0 Å². The van der Waals surface area contributed by atoms with Crippen LogP contribution in [0.4, 0.5) is 0 Å². The first-order valence-corrected chi connectivity index (χ1v) is 9.60. The molecule has 0 aliphatic heterocycles. The van der Waals surface area contributed by atoms with Crippen LogP contribution in [0.25, 0.3) is 0 Å². The molecule has 0 saturated heterocycles. The standard InChI is InChI=1S/C17H26O3S/c1-11-8-12(2)16(13(3)9-11)17(18)14-6-5-7-15(10-14)21(4,19)20/h8-9,14-15,17-18H,5-7,10H2,1-4H3. The van der Waals surface area contributed by atoms with E-state index in [4.69, 9.17) is 0 Å². The van der Waals surface area contributed by atoms with Gasteiger partial charge in [0.05, 0.1) is 11.4 Å². The number of hydrogen-bond acceptors (Lipinski definition) is 3. The molecule has 1 N–H and O–H groups in total. The molecule has 0 radical (unpaired) electrons. The fraction of sp³-hybridized carbons (Fsp3) is 0.647. The van der Waals surface area contributed by atoms with Gasteiger partial charge in [0.15, 0.2) is 0 Å². The molecule has 4 heteroatoms. The lowest BCUT2D eigenvalue weighted by Crippen LogP contribution is -2.30. The molecule has 0 aromatic heterocycles. The summed E-state index contributed by atoms with van der Waals surface area (Å²) in [5.41, 5.74) is 4.38. The van der Waals surface area contributed by atoms with Crippen LogP contribution in [0.15, 0.2) is 12.1 Å². The molecule has 0 spiro atoms. The number of rotatable bonds is 3. The van der Waals surface area contributed by atoms with E-state index >= 15 is 0 Å². The minimum absolute atomic E-state index is 0.0404. The van der Waals surface area contributed by atoms with E-state index in [-0.39, 0.29) is 11.2 Å². The summed E-state index contributed by atoms with van der Waals surface area (Å²) in [6.07, 6.45) is 3.84. The van der Waals surface area contributed by atoms with E-state index in [9.17, 15) is 13.5 Å². The molecule has 0 bridgehead atoms. The Kier molecular flexibility index (Phi) is 4.79. The van der Waals surface area contributed by atoms with Gasteiger partial charge in [-0.15, -0.1) is 0 Å². The molecule has 3 atom stereocenters. The zero-order chi connectivity index (χ0) is 15.8. The van der Waals surface area contributed by atoms with Crippen LogP contribution < -0.4 is 0 Å². The van der Waals surface area contributed by atoms with E-state index in [1.807, 2.05) is 13.8 Å². The molecule has 1 aromatic rings. The van der Waals surface area contributed by atoms with E-state index in [2.05, 4.69) is 19.1 Å². The Morgan fingerprint density at radius 1 is 1.14 bits per heavy atom. The van der Waals surface area contributed by atoms with E-state index in [1.165, 1.54) is 11.8 Å². The van der Waals surface area contributed by atoms with Gasteiger partial charge in [-0.25, -0.2) is 8.42 Å².